The Hall–Kier alpha value is -1.72. The van der Waals surface area contributed by atoms with Gasteiger partial charge in [-0.15, -0.1) is 0 Å². The third kappa shape index (κ3) is 3.23. The number of hydrogen-bond donors (Lipinski definition) is 3. The summed E-state index contributed by atoms with van der Waals surface area (Å²) in [5.74, 6) is 0.519. The first kappa shape index (κ1) is 14.7. The molecular weight excluding hydrogens is 297 g/mol. The van der Waals surface area contributed by atoms with Gasteiger partial charge in [-0.2, -0.15) is 4.98 Å². The van der Waals surface area contributed by atoms with Crippen LogP contribution in [0, 0.1) is 0 Å². The molecule has 1 aromatic heterocycles. The van der Waals surface area contributed by atoms with Gasteiger partial charge in [0, 0.05) is 24.7 Å². The zero-order valence-electron chi connectivity index (χ0n) is 11.0. The summed E-state index contributed by atoms with van der Waals surface area (Å²) in [6, 6.07) is 3.70. The highest BCUT2D eigenvalue weighted by Crippen LogP contribution is 2.32. The summed E-state index contributed by atoms with van der Waals surface area (Å²) in [6.45, 7) is 2.73. The molecule has 2 rings (SSSR count). The Morgan fingerprint density at radius 3 is 2.40 bits per heavy atom. The topological polar surface area (TPSA) is 89.8 Å². The Balaban J connectivity index is 2.30. The number of nitrogens with two attached hydrogens (primary N) is 2. The fourth-order valence-electron chi connectivity index (χ4n) is 1.86. The van der Waals surface area contributed by atoms with Gasteiger partial charge in [0.1, 0.15) is 5.82 Å². The molecule has 0 aliphatic rings. The van der Waals surface area contributed by atoms with E-state index in [1.54, 1.807) is 6.20 Å². The van der Waals surface area contributed by atoms with E-state index in [-0.39, 0.29) is 5.95 Å². The number of nitrogen functional groups attached to an aromatic ring is 2. The summed E-state index contributed by atoms with van der Waals surface area (Å²) >= 11 is 12.4. The fourth-order valence-corrected chi connectivity index (χ4v) is 2.53. The molecule has 0 unspecified atom stereocenters. The second kappa shape index (κ2) is 6.15. The molecule has 0 spiro atoms. The average molecular weight is 312 g/mol. The van der Waals surface area contributed by atoms with Gasteiger partial charge in [-0.1, -0.05) is 23.2 Å². The Bertz CT molecular complexity index is 607. The smallest absolute Gasteiger partial charge is 0.221 e. The third-order valence-electron chi connectivity index (χ3n) is 2.77. The van der Waals surface area contributed by atoms with Gasteiger partial charge in [0.15, 0.2) is 0 Å². The second-order valence-corrected chi connectivity index (χ2v) is 5.09. The van der Waals surface area contributed by atoms with E-state index in [1.165, 1.54) is 0 Å². The standard InChI is InChI=1S/C13H15Cl2N5/c1-2-18-11-9(14)4-7(5-10(11)15)3-8-6-19-13(17)20-12(8)16/h4-6,18H,2-3H2,1H3,(H4,16,17,19,20). The van der Waals surface area contributed by atoms with Crippen LogP contribution in [-0.4, -0.2) is 16.5 Å². The molecule has 0 saturated heterocycles. The third-order valence-corrected chi connectivity index (χ3v) is 3.36. The molecule has 0 saturated carbocycles. The molecule has 0 atom stereocenters. The average Bonchev–Trinajstić information content (AvgIpc) is 2.37. The predicted molar refractivity (Wildman–Crippen MR) is 84.3 cm³/mol. The number of nitrogens with one attached hydrogen (secondary N) is 1. The Morgan fingerprint density at radius 2 is 1.85 bits per heavy atom. The summed E-state index contributed by atoms with van der Waals surface area (Å²) in [7, 11) is 0. The molecule has 1 heterocycles. The van der Waals surface area contributed by atoms with Gasteiger partial charge in [0.05, 0.1) is 15.7 Å². The van der Waals surface area contributed by atoms with Crippen LogP contribution in [0.1, 0.15) is 18.1 Å². The molecule has 2 aromatic rings. The first-order valence-corrected chi connectivity index (χ1v) is 6.85. The molecule has 5 nitrogen and oxygen atoms in total. The lowest BCUT2D eigenvalue weighted by molar-refractivity contribution is 1.09. The number of nitrogens with zero attached hydrogens (tertiary/aromatic N) is 2. The van der Waals surface area contributed by atoms with Gasteiger partial charge >= 0.3 is 0 Å². The summed E-state index contributed by atoms with van der Waals surface area (Å²) < 4.78 is 0. The number of halogens is 2. The molecule has 0 bridgehead atoms. The van der Waals surface area contributed by atoms with Crippen LogP contribution in [0.3, 0.4) is 0 Å². The maximum Gasteiger partial charge on any atom is 0.221 e. The Kier molecular flexibility index (Phi) is 4.52. The zero-order chi connectivity index (χ0) is 14.7. The molecule has 0 aliphatic heterocycles. The lowest BCUT2D eigenvalue weighted by Crippen LogP contribution is -2.04. The van der Waals surface area contributed by atoms with E-state index < -0.39 is 0 Å². The van der Waals surface area contributed by atoms with E-state index in [2.05, 4.69) is 15.3 Å². The van der Waals surface area contributed by atoms with Crippen molar-refractivity contribution in [3.63, 3.8) is 0 Å². The number of aromatic nitrogens is 2. The number of hydrogen-bond acceptors (Lipinski definition) is 5. The van der Waals surface area contributed by atoms with Gasteiger partial charge in [-0.25, -0.2) is 4.98 Å². The number of rotatable bonds is 4. The van der Waals surface area contributed by atoms with Crippen LogP contribution in [-0.2, 0) is 6.42 Å². The minimum Gasteiger partial charge on any atom is -0.383 e. The van der Waals surface area contributed by atoms with Crippen molar-refractivity contribution in [3.05, 3.63) is 39.5 Å². The first-order chi connectivity index (χ1) is 9.51. The van der Waals surface area contributed by atoms with Crippen molar-refractivity contribution in [3.8, 4) is 0 Å². The summed E-state index contributed by atoms with van der Waals surface area (Å²) in [5, 5.41) is 4.27. The molecule has 7 heteroatoms. The molecule has 0 radical (unpaired) electrons. The van der Waals surface area contributed by atoms with E-state index in [0.717, 1.165) is 23.4 Å². The van der Waals surface area contributed by atoms with Crippen LogP contribution in [0.25, 0.3) is 0 Å². The number of anilines is 3. The minimum atomic E-state index is 0.157. The van der Waals surface area contributed by atoms with E-state index in [9.17, 15) is 0 Å². The van der Waals surface area contributed by atoms with Crippen molar-refractivity contribution in [1.82, 2.24) is 9.97 Å². The zero-order valence-corrected chi connectivity index (χ0v) is 12.5. The van der Waals surface area contributed by atoms with Crippen LogP contribution in [0.5, 0.6) is 0 Å². The Morgan fingerprint density at radius 1 is 1.20 bits per heavy atom. The summed E-state index contributed by atoms with van der Waals surface area (Å²) in [6.07, 6.45) is 2.15. The first-order valence-electron chi connectivity index (χ1n) is 6.10. The Labute approximate surface area is 127 Å². The normalized spacial score (nSPS) is 10.6. The molecular formula is C13H15Cl2N5. The van der Waals surface area contributed by atoms with Gasteiger partial charge in [0.2, 0.25) is 5.95 Å². The van der Waals surface area contributed by atoms with Gasteiger partial charge in [-0.05, 0) is 24.6 Å². The number of benzene rings is 1. The van der Waals surface area contributed by atoms with Crippen molar-refractivity contribution < 1.29 is 0 Å². The van der Waals surface area contributed by atoms with Crippen LogP contribution in [0.15, 0.2) is 18.3 Å². The van der Waals surface area contributed by atoms with E-state index in [4.69, 9.17) is 34.7 Å². The molecule has 20 heavy (non-hydrogen) atoms. The van der Waals surface area contributed by atoms with Crippen molar-refractivity contribution in [1.29, 1.82) is 0 Å². The summed E-state index contributed by atoms with van der Waals surface area (Å²) in [5.41, 5.74) is 13.7. The van der Waals surface area contributed by atoms with Gasteiger partial charge < -0.3 is 16.8 Å². The monoisotopic (exact) mass is 311 g/mol. The highest BCUT2D eigenvalue weighted by Gasteiger charge is 2.10. The maximum atomic E-state index is 6.22. The van der Waals surface area contributed by atoms with Crippen molar-refractivity contribution in [2.75, 3.05) is 23.3 Å². The maximum absolute atomic E-state index is 6.22. The SMILES string of the molecule is CCNc1c(Cl)cc(Cc2cnc(N)nc2N)cc1Cl. The lowest BCUT2D eigenvalue weighted by Gasteiger charge is -2.11. The van der Waals surface area contributed by atoms with E-state index in [1.807, 2.05) is 19.1 Å². The van der Waals surface area contributed by atoms with E-state index in [0.29, 0.717) is 22.3 Å². The van der Waals surface area contributed by atoms with Gasteiger partial charge in [-0.3, -0.25) is 0 Å². The van der Waals surface area contributed by atoms with Crippen molar-refractivity contribution in [2.24, 2.45) is 0 Å². The molecule has 0 amide bonds. The molecule has 5 N–H and O–H groups in total. The van der Waals surface area contributed by atoms with Crippen molar-refractivity contribution >= 4 is 40.7 Å². The lowest BCUT2D eigenvalue weighted by atomic mass is 10.1. The molecule has 0 fully saturated rings. The molecule has 1 aromatic carbocycles. The predicted octanol–water partition coefficient (Wildman–Crippen LogP) is 2.97. The minimum absolute atomic E-state index is 0.157. The second-order valence-electron chi connectivity index (χ2n) is 4.28. The van der Waals surface area contributed by atoms with E-state index >= 15 is 0 Å². The van der Waals surface area contributed by atoms with Crippen LogP contribution in [0.4, 0.5) is 17.5 Å². The molecule has 106 valence electrons. The van der Waals surface area contributed by atoms with Crippen molar-refractivity contribution in [2.45, 2.75) is 13.3 Å². The van der Waals surface area contributed by atoms with Crippen LogP contribution < -0.4 is 16.8 Å². The molecule has 0 aliphatic carbocycles. The van der Waals surface area contributed by atoms with Crippen LogP contribution >= 0.6 is 23.2 Å². The van der Waals surface area contributed by atoms with Crippen LogP contribution in [0.2, 0.25) is 10.0 Å². The summed E-state index contributed by atoms with van der Waals surface area (Å²) in [4.78, 5) is 7.86. The highest BCUT2D eigenvalue weighted by molar-refractivity contribution is 6.39. The highest BCUT2D eigenvalue weighted by atomic mass is 35.5. The largest absolute Gasteiger partial charge is 0.383 e. The quantitative estimate of drug-likeness (QED) is 0.807. The fraction of sp³-hybridized carbons (Fsp3) is 0.231. The van der Waals surface area contributed by atoms with Gasteiger partial charge in [0.25, 0.3) is 0 Å².